The van der Waals surface area contributed by atoms with Crippen LogP contribution in [0.3, 0.4) is 0 Å². The standard InChI is InChI=1S/C18H17ClFN3O2S/c1-2-25-18(24)15(21)17(26-14-8-4-6-12(19)10-14)23-16(22)11-5-3-7-13(20)9-11/h3-10H,2,21H2,1H3,(H2,22,23)/b17-15+. The molecule has 2 aromatic rings. The van der Waals surface area contributed by atoms with Crippen molar-refractivity contribution in [2.75, 3.05) is 6.61 Å². The van der Waals surface area contributed by atoms with Gasteiger partial charge in [0.05, 0.1) is 6.61 Å². The predicted molar refractivity (Wildman–Crippen MR) is 102 cm³/mol. The van der Waals surface area contributed by atoms with Crippen LogP contribution in [0.15, 0.2) is 69.1 Å². The molecule has 5 nitrogen and oxygen atoms in total. The minimum Gasteiger partial charge on any atom is -0.461 e. The Balaban J connectivity index is 2.44. The quantitative estimate of drug-likeness (QED) is 0.257. The summed E-state index contributed by atoms with van der Waals surface area (Å²) >= 11 is 7.09. The maximum Gasteiger partial charge on any atom is 0.357 e. The number of amidine groups is 1. The normalized spacial score (nSPS) is 12.5. The molecular weight excluding hydrogens is 377 g/mol. The van der Waals surface area contributed by atoms with Crippen molar-refractivity contribution in [2.24, 2.45) is 16.5 Å². The molecule has 136 valence electrons. The molecule has 0 atom stereocenters. The first-order valence-electron chi connectivity index (χ1n) is 7.61. The third-order valence-corrected chi connectivity index (χ3v) is 4.31. The van der Waals surface area contributed by atoms with Crippen LogP contribution in [0.25, 0.3) is 0 Å². The van der Waals surface area contributed by atoms with Crippen LogP contribution < -0.4 is 11.5 Å². The number of rotatable bonds is 6. The topological polar surface area (TPSA) is 90.7 Å². The molecule has 0 fully saturated rings. The summed E-state index contributed by atoms with van der Waals surface area (Å²) in [5.74, 6) is -1.15. The van der Waals surface area contributed by atoms with Crippen LogP contribution in [-0.2, 0) is 9.53 Å². The molecular formula is C18H17ClFN3O2S. The number of ether oxygens (including phenoxy) is 1. The number of carbonyl (C=O) groups is 1. The predicted octanol–water partition coefficient (Wildman–Crippen LogP) is 3.67. The van der Waals surface area contributed by atoms with Gasteiger partial charge in [0.1, 0.15) is 16.7 Å². The van der Waals surface area contributed by atoms with E-state index in [0.717, 1.165) is 11.8 Å². The first-order chi connectivity index (χ1) is 12.4. The van der Waals surface area contributed by atoms with Gasteiger partial charge in [-0.15, -0.1) is 0 Å². The molecule has 0 heterocycles. The molecule has 0 amide bonds. The molecule has 26 heavy (non-hydrogen) atoms. The lowest BCUT2D eigenvalue weighted by Crippen LogP contribution is -2.18. The van der Waals surface area contributed by atoms with Crippen LogP contribution in [0.5, 0.6) is 0 Å². The van der Waals surface area contributed by atoms with E-state index in [4.69, 9.17) is 27.8 Å². The Labute approximate surface area is 159 Å². The number of esters is 1. The van der Waals surface area contributed by atoms with E-state index in [0.29, 0.717) is 15.5 Å². The van der Waals surface area contributed by atoms with Gasteiger partial charge in [-0.05, 0) is 37.3 Å². The average Bonchev–Trinajstić information content (AvgIpc) is 2.60. The first kappa shape index (κ1) is 19.8. The van der Waals surface area contributed by atoms with Crippen molar-refractivity contribution >= 4 is 35.2 Å². The van der Waals surface area contributed by atoms with Crippen molar-refractivity contribution in [1.82, 2.24) is 0 Å². The zero-order chi connectivity index (χ0) is 19.1. The van der Waals surface area contributed by atoms with Gasteiger partial charge in [0.25, 0.3) is 0 Å². The Morgan fingerprint density at radius 3 is 2.62 bits per heavy atom. The Bertz CT molecular complexity index is 871. The van der Waals surface area contributed by atoms with E-state index in [2.05, 4.69) is 4.99 Å². The smallest absolute Gasteiger partial charge is 0.357 e. The van der Waals surface area contributed by atoms with E-state index >= 15 is 0 Å². The molecule has 4 N–H and O–H groups in total. The highest BCUT2D eigenvalue weighted by atomic mass is 35.5. The highest BCUT2D eigenvalue weighted by Gasteiger charge is 2.15. The second kappa shape index (κ2) is 9.26. The summed E-state index contributed by atoms with van der Waals surface area (Å²) in [5, 5.41) is 0.651. The number of thioether (sulfide) groups is 1. The second-order valence-electron chi connectivity index (χ2n) is 5.01. The van der Waals surface area contributed by atoms with Crippen molar-refractivity contribution in [3.63, 3.8) is 0 Å². The molecule has 0 unspecified atom stereocenters. The molecule has 0 aliphatic heterocycles. The van der Waals surface area contributed by atoms with Gasteiger partial charge in [-0.3, -0.25) is 0 Å². The monoisotopic (exact) mass is 393 g/mol. The molecule has 8 heteroatoms. The van der Waals surface area contributed by atoms with Crippen LogP contribution in [0, 0.1) is 5.82 Å². The molecule has 0 radical (unpaired) electrons. The van der Waals surface area contributed by atoms with Gasteiger partial charge >= 0.3 is 5.97 Å². The van der Waals surface area contributed by atoms with Crippen LogP contribution in [-0.4, -0.2) is 18.4 Å². The Kier molecular flexibility index (Phi) is 7.06. The van der Waals surface area contributed by atoms with Crippen LogP contribution in [0.2, 0.25) is 5.02 Å². The lowest BCUT2D eigenvalue weighted by atomic mass is 10.2. The Morgan fingerprint density at radius 2 is 1.96 bits per heavy atom. The van der Waals surface area contributed by atoms with Gasteiger partial charge in [0.2, 0.25) is 0 Å². The fraction of sp³-hybridized carbons (Fsp3) is 0.111. The minimum atomic E-state index is -0.715. The third-order valence-electron chi connectivity index (χ3n) is 3.08. The maximum absolute atomic E-state index is 13.4. The third kappa shape index (κ3) is 5.50. The van der Waals surface area contributed by atoms with Gasteiger partial charge in [0, 0.05) is 15.5 Å². The van der Waals surface area contributed by atoms with E-state index in [9.17, 15) is 9.18 Å². The van der Waals surface area contributed by atoms with Gasteiger partial charge in [-0.2, -0.15) is 0 Å². The van der Waals surface area contributed by atoms with Crippen LogP contribution in [0.1, 0.15) is 12.5 Å². The fourth-order valence-electron chi connectivity index (χ4n) is 1.90. The van der Waals surface area contributed by atoms with Crippen LogP contribution >= 0.6 is 23.4 Å². The zero-order valence-corrected chi connectivity index (χ0v) is 15.5. The van der Waals surface area contributed by atoms with E-state index in [1.165, 1.54) is 18.2 Å². The Hall–Kier alpha value is -2.51. The average molecular weight is 394 g/mol. The molecule has 2 rings (SSSR count). The lowest BCUT2D eigenvalue weighted by Gasteiger charge is -2.09. The summed E-state index contributed by atoms with van der Waals surface area (Å²) in [6.45, 7) is 1.83. The molecule has 0 aliphatic carbocycles. The summed E-state index contributed by atoms with van der Waals surface area (Å²) < 4.78 is 18.3. The number of halogens is 2. The summed E-state index contributed by atoms with van der Waals surface area (Å²) in [6.07, 6.45) is 0. The van der Waals surface area contributed by atoms with Gasteiger partial charge in [-0.1, -0.05) is 41.6 Å². The van der Waals surface area contributed by atoms with Crippen molar-refractivity contribution in [2.45, 2.75) is 11.8 Å². The zero-order valence-electron chi connectivity index (χ0n) is 13.9. The van der Waals surface area contributed by atoms with Crippen LogP contribution in [0.4, 0.5) is 4.39 Å². The Morgan fingerprint density at radius 1 is 1.23 bits per heavy atom. The van der Waals surface area contributed by atoms with E-state index in [-0.39, 0.29) is 23.2 Å². The van der Waals surface area contributed by atoms with Gasteiger partial charge in [-0.25, -0.2) is 14.2 Å². The number of hydrogen-bond donors (Lipinski definition) is 2. The molecule has 0 spiro atoms. The number of nitrogens with two attached hydrogens (primary N) is 2. The summed E-state index contributed by atoms with van der Waals surface area (Å²) in [6, 6.07) is 12.6. The number of aliphatic imine (C=N–C) groups is 1. The SMILES string of the molecule is CCOC(=O)/C(N)=C(/N=C(\N)c1cccc(F)c1)Sc1cccc(Cl)c1. The number of hydrogen-bond acceptors (Lipinski definition) is 5. The molecule has 0 saturated heterocycles. The number of benzene rings is 2. The number of carbonyl (C=O) groups excluding carboxylic acids is 1. The molecule has 2 aromatic carbocycles. The lowest BCUT2D eigenvalue weighted by molar-refractivity contribution is -0.138. The van der Waals surface area contributed by atoms with Crippen molar-refractivity contribution in [3.8, 4) is 0 Å². The first-order valence-corrected chi connectivity index (χ1v) is 8.80. The summed E-state index contributed by atoms with van der Waals surface area (Å²) in [7, 11) is 0. The molecule has 0 aliphatic rings. The minimum absolute atomic E-state index is 0.0151. The van der Waals surface area contributed by atoms with E-state index in [1.54, 1.807) is 37.3 Å². The molecule has 0 aromatic heterocycles. The molecule has 0 bridgehead atoms. The fourth-order valence-corrected chi connectivity index (χ4v) is 3.05. The highest BCUT2D eigenvalue weighted by Crippen LogP contribution is 2.31. The van der Waals surface area contributed by atoms with E-state index in [1.807, 2.05) is 0 Å². The largest absolute Gasteiger partial charge is 0.461 e. The van der Waals surface area contributed by atoms with Crippen molar-refractivity contribution in [1.29, 1.82) is 0 Å². The van der Waals surface area contributed by atoms with Crippen molar-refractivity contribution < 1.29 is 13.9 Å². The van der Waals surface area contributed by atoms with Gasteiger partial charge < -0.3 is 16.2 Å². The second-order valence-corrected chi connectivity index (χ2v) is 6.50. The van der Waals surface area contributed by atoms with E-state index < -0.39 is 11.8 Å². The molecule has 0 saturated carbocycles. The maximum atomic E-state index is 13.4. The van der Waals surface area contributed by atoms with Crippen molar-refractivity contribution in [3.05, 3.63) is 75.7 Å². The summed E-state index contributed by atoms with van der Waals surface area (Å²) in [4.78, 5) is 16.9. The van der Waals surface area contributed by atoms with Gasteiger partial charge in [0.15, 0.2) is 5.70 Å². The highest BCUT2D eigenvalue weighted by molar-refractivity contribution is 8.03. The number of nitrogens with zero attached hydrogens (tertiary/aromatic N) is 1. The summed E-state index contributed by atoms with van der Waals surface area (Å²) in [5.41, 5.74) is 12.0.